The molecule has 0 aliphatic carbocycles. The molecule has 0 unspecified atom stereocenters. The van der Waals surface area contributed by atoms with Gasteiger partial charge in [0.15, 0.2) is 0 Å². The van der Waals surface area contributed by atoms with Crippen molar-refractivity contribution in [2.75, 3.05) is 0 Å². The van der Waals surface area contributed by atoms with Crippen LogP contribution in [0, 0.1) is 24.2 Å². The van der Waals surface area contributed by atoms with Crippen LogP contribution in [0.1, 0.15) is 32.6 Å². The zero-order valence-corrected chi connectivity index (χ0v) is 7.06. The zero-order chi connectivity index (χ0) is 8.36. The van der Waals surface area contributed by atoms with Crippen molar-refractivity contribution in [1.82, 2.24) is 0 Å². The molecule has 0 amide bonds. The van der Waals surface area contributed by atoms with E-state index >= 15 is 0 Å². The Kier molecular flexibility index (Phi) is 7.94. The summed E-state index contributed by atoms with van der Waals surface area (Å²) >= 11 is 0. The van der Waals surface area contributed by atoms with Gasteiger partial charge in [0, 0.05) is 6.42 Å². The van der Waals surface area contributed by atoms with E-state index in [1.165, 1.54) is 6.42 Å². The Labute approximate surface area is 69.7 Å². The summed E-state index contributed by atoms with van der Waals surface area (Å²) in [7, 11) is 0. The fourth-order valence-corrected chi connectivity index (χ4v) is 0.612. The maximum Gasteiger partial charge on any atom is 0.0700 e. The smallest absolute Gasteiger partial charge is 0.0700 e. The van der Waals surface area contributed by atoms with Gasteiger partial charge in [0.1, 0.15) is 0 Å². The third-order valence-electron chi connectivity index (χ3n) is 1.16. The number of allylic oxidation sites excluding steroid dienone is 2. The lowest BCUT2D eigenvalue weighted by molar-refractivity contribution is 0.955. The molecule has 0 saturated carbocycles. The van der Waals surface area contributed by atoms with Crippen molar-refractivity contribution in [3.63, 3.8) is 0 Å². The van der Waals surface area contributed by atoms with E-state index < -0.39 is 0 Å². The summed E-state index contributed by atoms with van der Waals surface area (Å²) in [6.45, 7) is 2.16. The first-order valence-corrected chi connectivity index (χ1v) is 3.96. The number of terminal acetylenes is 1. The van der Waals surface area contributed by atoms with E-state index in [-0.39, 0.29) is 0 Å². The van der Waals surface area contributed by atoms with Gasteiger partial charge in [-0.3, -0.25) is 0 Å². The van der Waals surface area contributed by atoms with Crippen LogP contribution in [-0.4, -0.2) is 0 Å². The molecule has 0 heteroatoms. The lowest BCUT2D eigenvalue weighted by Gasteiger charge is -1.80. The molecule has 0 saturated heterocycles. The molecular weight excluding hydrogens is 132 g/mol. The van der Waals surface area contributed by atoms with Crippen LogP contribution < -0.4 is 0 Å². The Balaban J connectivity index is 3.29. The second-order valence-corrected chi connectivity index (χ2v) is 2.20. The zero-order valence-electron chi connectivity index (χ0n) is 7.06. The van der Waals surface area contributed by atoms with Crippen LogP contribution in [0.2, 0.25) is 0 Å². The minimum atomic E-state index is 0.571. The Bertz CT molecular complexity index is 192. The van der Waals surface area contributed by atoms with Crippen LogP contribution in [0.15, 0.2) is 12.2 Å². The Morgan fingerprint density at radius 1 is 1.27 bits per heavy atom. The average molecular weight is 146 g/mol. The molecule has 0 rings (SSSR count). The number of unbranched alkanes of at least 4 members (excludes halogenated alkanes) is 1. The molecule has 0 atom stereocenters. The second kappa shape index (κ2) is 8.86. The molecule has 58 valence electrons. The molecule has 0 bridgehead atoms. The van der Waals surface area contributed by atoms with E-state index in [0.29, 0.717) is 6.42 Å². The summed E-state index contributed by atoms with van der Waals surface area (Å²) in [4.78, 5) is 0. The SMILES string of the molecule is C#CCC#CCC=CCCC. The predicted molar refractivity (Wildman–Crippen MR) is 49.9 cm³/mol. The van der Waals surface area contributed by atoms with Gasteiger partial charge in [0.25, 0.3) is 0 Å². The van der Waals surface area contributed by atoms with Crippen molar-refractivity contribution < 1.29 is 0 Å². The van der Waals surface area contributed by atoms with Gasteiger partial charge in [-0.1, -0.05) is 43.3 Å². The molecule has 0 radical (unpaired) electrons. The van der Waals surface area contributed by atoms with Gasteiger partial charge in [-0.25, -0.2) is 0 Å². The van der Waals surface area contributed by atoms with Gasteiger partial charge in [0.05, 0.1) is 6.42 Å². The Hall–Kier alpha value is -1.14. The molecule has 0 spiro atoms. The highest BCUT2D eigenvalue weighted by molar-refractivity contribution is 5.10. The topological polar surface area (TPSA) is 0 Å². The van der Waals surface area contributed by atoms with E-state index in [9.17, 15) is 0 Å². The second-order valence-electron chi connectivity index (χ2n) is 2.20. The van der Waals surface area contributed by atoms with Crippen molar-refractivity contribution in [2.24, 2.45) is 0 Å². The van der Waals surface area contributed by atoms with Crippen LogP contribution in [0.25, 0.3) is 0 Å². The van der Waals surface area contributed by atoms with Gasteiger partial charge in [-0.15, -0.1) is 6.42 Å². The molecule has 11 heavy (non-hydrogen) atoms. The highest BCUT2D eigenvalue weighted by Gasteiger charge is 1.71. The van der Waals surface area contributed by atoms with E-state index in [1.807, 2.05) is 0 Å². The van der Waals surface area contributed by atoms with Crippen LogP contribution in [0.5, 0.6) is 0 Å². The van der Waals surface area contributed by atoms with Gasteiger partial charge < -0.3 is 0 Å². The molecule has 0 aromatic rings. The summed E-state index contributed by atoms with van der Waals surface area (Å²) in [5, 5.41) is 0. The standard InChI is InChI=1S/C11H14/c1-3-5-7-9-11-10-8-6-4-2/h1,8,10H,4-6,11H2,2H3. The predicted octanol–water partition coefficient (Wildman–Crippen LogP) is 2.76. The summed E-state index contributed by atoms with van der Waals surface area (Å²) in [5.74, 6) is 8.31. The summed E-state index contributed by atoms with van der Waals surface area (Å²) in [5.41, 5.74) is 0. The molecule has 0 fully saturated rings. The third-order valence-corrected chi connectivity index (χ3v) is 1.16. The van der Waals surface area contributed by atoms with Crippen LogP contribution >= 0.6 is 0 Å². The maximum atomic E-state index is 5.02. The quantitative estimate of drug-likeness (QED) is 0.424. The first-order valence-electron chi connectivity index (χ1n) is 3.96. The molecule has 0 aromatic heterocycles. The molecular formula is C11H14. The highest BCUT2D eigenvalue weighted by atomic mass is 13.8. The van der Waals surface area contributed by atoms with E-state index in [4.69, 9.17) is 6.42 Å². The van der Waals surface area contributed by atoms with Gasteiger partial charge in [-0.05, 0) is 6.42 Å². The molecule has 0 aromatic carbocycles. The lowest BCUT2D eigenvalue weighted by Crippen LogP contribution is -1.63. The Morgan fingerprint density at radius 2 is 2.09 bits per heavy atom. The van der Waals surface area contributed by atoms with E-state index in [2.05, 4.69) is 36.8 Å². The van der Waals surface area contributed by atoms with Crippen LogP contribution in [0.4, 0.5) is 0 Å². The first-order chi connectivity index (χ1) is 5.41. The van der Waals surface area contributed by atoms with E-state index in [1.54, 1.807) is 0 Å². The fraction of sp³-hybridized carbons (Fsp3) is 0.455. The number of hydrogen-bond donors (Lipinski definition) is 0. The third kappa shape index (κ3) is 8.86. The van der Waals surface area contributed by atoms with E-state index in [0.717, 1.165) is 12.8 Å². The monoisotopic (exact) mass is 146 g/mol. The summed E-state index contributed by atoms with van der Waals surface area (Å²) in [6, 6.07) is 0. The molecule has 0 aliphatic heterocycles. The maximum absolute atomic E-state index is 5.02. The largest absolute Gasteiger partial charge is 0.119 e. The molecule has 0 N–H and O–H groups in total. The minimum Gasteiger partial charge on any atom is -0.119 e. The average Bonchev–Trinajstić information content (AvgIpc) is 2.03. The van der Waals surface area contributed by atoms with Crippen molar-refractivity contribution in [1.29, 1.82) is 0 Å². The highest BCUT2D eigenvalue weighted by Crippen LogP contribution is 1.89. The van der Waals surface area contributed by atoms with Crippen LogP contribution in [0.3, 0.4) is 0 Å². The number of hydrogen-bond acceptors (Lipinski definition) is 0. The van der Waals surface area contributed by atoms with Crippen molar-refractivity contribution in [3.8, 4) is 24.2 Å². The minimum absolute atomic E-state index is 0.571. The van der Waals surface area contributed by atoms with Crippen molar-refractivity contribution in [3.05, 3.63) is 12.2 Å². The summed E-state index contributed by atoms with van der Waals surface area (Å²) < 4.78 is 0. The lowest BCUT2D eigenvalue weighted by atomic mass is 10.3. The Morgan fingerprint density at radius 3 is 2.73 bits per heavy atom. The van der Waals surface area contributed by atoms with Gasteiger partial charge >= 0.3 is 0 Å². The van der Waals surface area contributed by atoms with Crippen molar-refractivity contribution in [2.45, 2.75) is 32.6 Å². The molecule has 0 heterocycles. The number of rotatable bonds is 3. The van der Waals surface area contributed by atoms with Gasteiger partial charge in [0.2, 0.25) is 0 Å². The van der Waals surface area contributed by atoms with Crippen molar-refractivity contribution >= 4 is 0 Å². The molecule has 0 nitrogen and oxygen atoms in total. The van der Waals surface area contributed by atoms with Gasteiger partial charge in [-0.2, -0.15) is 0 Å². The normalized spacial score (nSPS) is 8.73. The molecule has 0 aliphatic rings. The fourth-order valence-electron chi connectivity index (χ4n) is 0.612. The first kappa shape index (κ1) is 9.86. The van der Waals surface area contributed by atoms with Crippen LogP contribution in [-0.2, 0) is 0 Å². The summed E-state index contributed by atoms with van der Waals surface area (Å²) in [6.07, 6.45) is 13.0.